The maximum atomic E-state index is 12.9. The summed E-state index contributed by atoms with van der Waals surface area (Å²) in [6, 6.07) is 6.94. The number of nitrogens with zero attached hydrogens (tertiary/aromatic N) is 1. The first kappa shape index (κ1) is 13.4. The van der Waals surface area contributed by atoms with Gasteiger partial charge in [0.25, 0.3) is 0 Å². The lowest BCUT2D eigenvalue weighted by molar-refractivity contribution is -0.140. The summed E-state index contributed by atoms with van der Waals surface area (Å²) in [7, 11) is 0. The van der Waals surface area contributed by atoms with E-state index in [-0.39, 0.29) is 5.56 Å². The molecule has 0 bridgehead atoms. The molecule has 100 valence electrons. The molecule has 19 heavy (non-hydrogen) atoms. The molecular formula is C14H13F3N2. The molecule has 1 aromatic heterocycles. The second kappa shape index (κ2) is 4.91. The molecule has 0 spiro atoms. The highest BCUT2D eigenvalue weighted by atomic mass is 19.4. The van der Waals surface area contributed by atoms with E-state index in [9.17, 15) is 13.2 Å². The van der Waals surface area contributed by atoms with Crippen LogP contribution in [0.25, 0.3) is 11.1 Å². The van der Waals surface area contributed by atoms with E-state index in [1.165, 1.54) is 0 Å². The highest BCUT2D eigenvalue weighted by molar-refractivity contribution is 5.69. The van der Waals surface area contributed by atoms with E-state index >= 15 is 0 Å². The van der Waals surface area contributed by atoms with Crippen molar-refractivity contribution in [3.63, 3.8) is 0 Å². The van der Waals surface area contributed by atoms with E-state index in [1.807, 2.05) is 0 Å². The Morgan fingerprint density at radius 3 is 2.42 bits per heavy atom. The van der Waals surface area contributed by atoms with Gasteiger partial charge in [-0.05, 0) is 24.5 Å². The van der Waals surface area contributed by atoms with Gasteiger partial charge in [-0.25, -0.2) is 0 Å². The molecule has 2 rings (SSSR count). The van der Waals surface area contributed by atoms with Crippen molar-refractivity contribution in [1.82, 2.24) is 10.2 Å². The molecular weight excluding hydrogens is 253 g/mol. The van der Waals surface area contributed by atoms with Gasteiger partial charge in [-0.2, -0.15) is 18.3 Å². The smallest absolute Gasteiger partial charge is 0.282 e. The van der Waals surface area contributed by atoms with Crippen LogP contribution in [0.1, 0.15) is 17.0 Å². The molecule has 2 aromatic rings. The van der Waals surface area contributed by atoms with Gasteiger partial charge in [0.15, 0.2) is 5.69 Å². The number of benzene rings is 1. The molecule has 0 aliphatic rings. The number of hydrogen-bond acceptors (Lipinski definition) is 1. The zero-order chi connectivity index (χ0) is 14.0. The SMILES string of the molecule is C=CCc1ccc(-c2c(C(F)(F)F)n[nH]c2C)cc1. The average molecular weight is 266 g/mol. The van der Waals surface area contributed by atoms with Crippen LogP contribution in [0, 0.1) is 6.92 Å². The third kappa shape index (κ3) is 2.70. The van der Waals surface area contributed by atoms with Gasteiger partial charge in [-0.1, -0.05) is 30.3 Å². The van der Waals surface area contributed by atoms with Crippen molar-refractivity contribution < 1.29 is 13.2 Å². The summed E-state index contributed by atoms with van der Waals surface area (Å²) in [5.41, 5.74) is 1.16. The Balaban J connectivity index is 2.47. The molecule has 0 atom stereocenters. The fraction of sp³-hybridized carbons (Fsp3) is 0.214. The molecule has 1 aromatic carbocycles. The Bertz CT molecular complexity index is 580. The lowest BCUT2D eigenvalue weighted by Crippen LogP contribution is -2.07. The van der Waals surface area contributed by atoms with E-state index in [4.69, 9.17) is 0 Å². The molecule has 2 nitrogen and oxygen atoms in total. The molecule has 1 heterocycles. The van der Waals surface area contributed by atoms with Crippen LogP contribution >= 0.6 is 0 Å². The minimum atomic E-state index is -4.46. The number of aromatic nitrogens is 2. The maximum absolute atomic E-state index is 12.9. The second-order valence-electron chi connectivity index (χ2n) is 4.26. The number of rotatable bonds is 3. The number of hydrogen-bond donors (Lipinski definition) is 1. The quantitative estimate of drug-likeness (QED) is 0.831. The van der Waals surface area contributed by atoms with Crippen LogP contribution < -0.4 is 0 Å². The highest BCUT2D eigenvalue weighted by Gasteiger charge is 2.37. The number of allylic oxidation sites excluding steroid dienone is 1. The van der Waals surface area contributed by atoms with E-state index < -0.39 is 11.9 Å². The van der Waals surface area contributed by atoms with Gasteiger partial charge in [-0.3, -0.25) is 5.10 Å². The maximum Gasteiger partial charge on any atom is 0.435 e. The number of aromatic amines is 1. The first-order chi connectivity index (χ1) is 8.93. The minimum absolute atomic E-state index is 0.109. The van der Waals surface area contributed by atoms with Gasteiger partial charge < -0.3 is 0 Å². The largest absolute Gasteiger partial charge is 0.435 e. The Kier molecular flexibility index (Phi) is 3.46. The predicted molar refractivity (Wildman–Crippen MR) is 67.7 cm³/mol. The van der Waals surface area contributed by atoms with Crippen molar-refractivity contribution in [3.8, 4) is 11.1 Å². The molecule has 0 saturated heterocycles. The zero-order valence-corrected chi connectivity index (χ0v) is 10.4. The van der Waals surface area contributed by atoms with E-state index in [0.29, 0.717) is 17.7 Å². The van der Waals surface area contributed by atoms with Crippen molar-refractivity contribution in [2.75, 3.05) is 0 Å². The molecule has 5 heteroatoms. The van der Waals surface area contributed by atoms with E-state index in [0.717, 1.165) is 5.56 Å². The zero-order valence-electron chi connectivity index (χ0n) is 10.4. The van der Waals surface area contributed by atoms with Crippen molar-refractivity contribution in [2.24, 2.45) is 0 Å². The Morgan fingerprint density at radius 2 is 1.89 bits per heavy atom. The average Bonchev–Trinajstić information content (AvgIpc) is 2.72. The van der Waals surface area contributed by atoms with Crippen molar-refractivity contribution in [3.05, 3.63) is 53.9 Å². The van der Waals surface area contributed by atoms with Crippen LogP contribution in [-0.4, -0.2) is 10.2 Å². The molecule has 1 N–H and O–H groups in total. The Morgan fingerprint density at radius 1 is 1.26 bits per heavy atom. The van der Waals surface area contributed by atoms with Gasteiger partial charge in [0.05, 0.1) is 0 Å². The molecule has 0 radical (unpaired) electrons. The lowest BCUT2D eigenvalue weighted by Gasteiger charge is -2.08. The van der Waals surface area contributed by atoms with Gasteiger partial charge in [-0.15, -0.1) is 6.58 Å². The normalized spacial score (nSPS) is 11.6. The van der Waals surface area contributed by atoms with Gasteiger partial charge >= 0.3 is 6.18 Å². The molecule has 0 aliphatic carbocycles. The molecule has 0 fully saturated rings. The summed E-state index contributed by atoms with van der Waals surface area (Å²) in [6.45, 7) is 5.20. The Hall–Kier alpha value is -2.04. The van der Waals surface area contributed by atoms with Crippen LogP contribution in [0.2, 0.25) is 0 Å². The van der Waals surface area contributed by atoms with Crippen LogP contribution in [-0.2, 0) is 12.6 Å². The summed E-state index contributed by atoms with van der Waals surface area (Å²) in [4.78, 5) is 0. The molecule has 0 saturated carbocycles. The van der Waals surface area contributed by atoms with Crippen LogP contribution in [0.3, 0.4) is 0 Å². The summed E-state index contributed by atoms with van der Waals surface area (Å²) in [5.74, 6) is 0. The summed E-state index contributed by atoms with van der Waals surface area (Å²) < 4.78 is 38.6. The summed E-state index contributed by atoms with van der Waals surface area (Å²) in [6.07, 6.45) is -2.02. The van der Waals surface area contributed by atoms with E-state index in [1.54, 1.807) is 37.3 Å². The highest BCUT2D eigenvalue weighted by Crippen LogP contribution is 2.37. The topological polar surface area (TPSA) is 28.7 Å². The van der Waals surface area contributed by atoms with Crippen LogP contribution in [0.5, 0.6) is 0 Å². The van der Waals surface area contributed by atoms with Crippen molar-refractivity contribution >= 4 is 0 Å². The van der Waals surface area contributed by atoms with Crippen molar-refractivity contribution in [1.29, 1.82) is 0 Å². The molecule has 0 unspecified atom stereocenters. The molecule has 0 aliphatic heterocycles. The van der Waals surface area contributed by atoms with Gasteiger partial charge in [0, 0.05) is 11.3 Å². The standard InChI is InChI=1S/C14H13F3N2/c1-3-4-10-5-7-11(8-6-10)12-9(2)18-19-13(12)14(15,16)17/h3,5-8H,1,4H2,2H3,(H,18,19). The third-order valence-electron chi connectivity index (χ3n) is 2.84. The second-order valence-corrected chi connectivity index (χ2v) is 4.26. The number of alkyl halides is 3. The Labute approximate surface area is 109 Å². The number of aryl methyl sites for hydroxylation is 1. The number of nitrogens with one attached hydrogen (secondary N) is 1. The van der Waals surface area contributed by atoms with Crippen LogP contribution in [0.15, 0.2) is 36.9 Å². The number of halogens is 3. The molecule has 0 amide bonds. The lowest BCUT2D eigenvalue weighted by atomic mass is 10.0. The summed E-state index contributed by atoms with van der Waals surface area (Å²) in [5, 5.41) is 5.75. The predicted octanol–water partition coefficient (Wildman–Crippen LogP) is 4.13. The van der Waals surface area contributed by atoms with Crippen molar-refractivity contribution in [2.45, 2.75) is 19.5 Å². The fourth-order valence-corrected chi connectivity index (χ4v) is 1.96. The minimum Gasteiger partial charge on any atom is -0.282 e. The number of H-pyrrole nitrogens is 1. The monoisotopic (exact) mass is 266 g/mol. The third-order valence-corrected chi connectivity index (χ3v) is 2.84. The van der Waals surface area contributed by atoms with E-state index in [2.05, 4.69) is 16.8 Å². The first-order valence-electron chi connectivity index (χ1n) is 5.76. The van der Waals surface area contributed by atoms with Gasteiger partial charge in [0.2, 0.25) is 0 Å². The fourth-order valence-electron chi connectivity index (χ4n) is 1.96. The van der Waals surface area contributed by atoms with Gasteiger partial charge in [0.1, 0.15) is 0 Å². The van der Waals surface area contributed by atoms with Crippen LogP contribution in [0.4, 0.5) is 13.2 Å². The summed E-state index contributed by atoms with van der Waals surface area (Å²) >= 11 is 0. The first-order valence-corrected chi connectivity index (χ1v) is 5.76.